The molecule has 1 saturated heterocycles. The third-order valence-electron chi connectivity index (χ3n) is 3.30. The van der Waals surface area contributed by atoms with Crippen LogP contribution in [0.5, 0.6) is 0 Å². The molecule has 7 heteroatoms. The van der Waals surface area contributed by atoms with Crippen molar-refractivity contribution in [3.05, 3.63) is 38.9 Å². The van der Waals surface area contributed by atoms with E-state index in [-0.39, 0.29) is 28.4 Å². The number of halogens is 1. The van der Waals surface area contributed by atoms with Gasteiger partial charge in [0.1, 0.15) is 10.6 Å². The van der Waals surface area contributed by atoms with Crippen LogP contribution in [0.4, 0.5) is 5.69 Å². The number of nitro benzene ring substituents is 1. The third-order valence-corrected chi connectivity index (χ3v) is 3.60. The van der Waals surface area contributed by atoms with Crippen molar-refractivity contribution < 1.29 is 14.5 Å². The number of amides is 1. The van der Waals surface area contributed by atoms with E-state index in [0.717, 1.165) is 12.8 Å². The van der Waals surface area contributed by atoms with Gasteiger partial charge in [-0.05, 0) is 31.9 Å². The molecule has 1 amide bonds. The zero-order chi connectivity index (χ0) is 14.7. The maximum absolute atomic E-state index is 12.2. The average molecular weight is 299 g/mol. The van der Waals surface area contributed by atoms with E-state index in [4.69, 9.17) is 16.3 Å². The van der Waals surface area contributed by atoms with Crippen LogP contribution in [0.3, 0.4) is 0 Å². The van der Waals surface area contributed by atoms with Gasteiger partial charge in [0.15, 0.2) is 0 Å². The number of nitrogens with one attached hydrogen (secondary N) is 1. The summed E-state index contributed by atoms with van der Waals surface area (Å²) in [6.45, 7) is 2.51. The zero-order valence-corrected chi connectivity index (χ0v) is 11.7. The molecular weight excluding hydrogens is 284 g/mol. The summed E-state index contributed by atoms with van der Waals surface area (Å²) in [6, 6.07) is 4.09. The number of hydrogen-bond acceptors (Lipinski definition) is 4. The van der Waals surface area contributed by atoms with Gasteiger partial charge in [0.25, 0.3) is 5.91 Å². The maximum atomic E-state index is 12.2. The fourth-order valence-electron chi connectivity index (χ4n) is 2.26. The van der Waals surface area contributed by atoms with Gasteiger partial charge in [-0.3, -0.25) is 14.9 Å². The number of carbonyl (C=O) groups excluding carboxylic acids is 1. The van der Waals surface area contributed by atoms with Crippen LogP contribution in [0.25, 0.3) is 0 Å². The standard InChI is InChI=1S/C13H15ClN2O4/c1-8(11-6-3-7-20-11)15-13(17)9-4-2-5-10(14)12(9)16(18)19/h2,4-5,8,11H,3,6-7H2,1H3,(H,15,17). The van der Waals surface area contributed by atoms with Gasteiger partial charge in [-0.25, -0.2) is 0 Å². The summed E-state index contributed by atoms with van der Waals surface area (Å²) in [6.07, 6.45) is 1.79. The van der Waals surface area contributed by atoms with Crippen LogP contribution in [0.1, 0.15) is 30.1 Å². The van der Waals surface area contributed by atoms with E-state index in [0.29, 0.717) is 6.61 Å². The Labute approximate surface area is 121 Å². The summed E-state index contributed by atoms with van der Waals surface area (Å²) in [5.74, 6) is -0.512. The van der Waals surface area contributed by atoms with Gasteiger partial charge in [0.2, 0.25) is 0 Å². The Kier molecular flexibility index (Phi) is 4.57. The second kappa shape index (κ2) is 6.19. The van der Waals surface area contributed by atoms with Crippen LogP contribution in [0, 0.1) is 10.1 Å². The first kappa shape index (κ1) is 14.7. The van der Waals surface area contributed by atoms with Crippen molar-refractivity contribution >= 4 is 23.2 Å². The molecule has 2 rings (SSSR count). The van der Waals surface area contributed by atoms with E-state index in [1.54, 1.807) is 0 Å². The number of hydrogen-bond donors (Lipinski definition) is 1. The number of nitrogens with zero attached hydrogens (tertiary/aromatic N) is 1. The number of carbonyl (C=O) groups is 1. The fraction of sp³-hybridized carbons (Fsp3) is 0.462. The number of ether oxygens (including phenoxy) is 1. The monoisotopic (exact) mass is 298 g/mol. The van der Waals surface area contributed by atoms with E-state index < -0.39 is 10.8 Å². The Hall–Kier alpha value is -1.66. The lowest BCUT2D eigenvalue weighted by Gasteiger charge is -2.20. The van der Waals surface area contributed by atoms with E-state index in [9.17, 15) is 14.9 Å². The normalized spacial score (nSPS) is 19.6. The van der Waals surface area contributed by atoms with E-state index in [2.05, 4.69) is 5.32 Å². The molecule has 2 unspecified atom stereocenters. The predicted molar refractivity (Wildman–Crippen MR) is 74.0 cm³/mol. The second-order valence-corrected chi connectivity index (χ2v) is 5.11. The highest BCUT2D eigenvalue weighted by molar-refractivity contribution is 6.33. The lowest BCUT2D eigenvalue weighted by atomic mass is 10.1. The van der Waals surface area contributed by atoms with Gasteiger partial charge in [-0.15, -0.1) is 0 Å². The molecule has 0 saturated carbocycles. The molecule has 1 aromatic rings. The molecule has 6 nitrogen and oxygen atoms in total. The van der Waals surface area contributed by atoms with Crippen LogP contribution in [-0.4, -0.2) is 29.6 Å². The van der Waals surface area contributed by atoms with Gasteiger partial charge in [0.05, 0.1) is 17.1 Å². The Balaban J connectivity index is 2.16. The molecule has 1 heterocycles. The smallest absolute Gasteiger partial charge is 0.300 e. The van der Waals surface area contributed by atoms with Crippen LogP contribution in [-0.2, 0) is 4.74 Å². The van der Waals surface area contributed by atoms with E-state index in [1.165, 1.54) is 18.2 Å². The minimum Gasteiger partial charge on any atom is -0.376 e. The Bertz CT molecular complexity index is 529. The van der Waals surface area contributed by atoms with Crippen molar-refractivity contribution in [1.29, 1.82) is 0 Å². The first-order chi connectivity index (χ1) is 9.50. The number of nitro groups is 1. The maximum Gasteiger partial charge on any atom is 0.300 e. The number of para-hydroxylation sites is 1. The summed E-state index contributed by atoms with van der Waals surface area (Å²) in [5, 5.41) is 13.7. The first-order valence-electron chi connectivity index (χ1n) is 6.36. The molecule has 0 aromatic heterocycles. The third kappa shape index (κ3) is 3.08. The molecule has 1 N–H and O–H groups in total. The largest absolute Gasteiger partial charge is 0.376 e. The Morgan fingerprint density at radius 3 is 2.95 bits per heavy atom. The molecule has 1 aliphatic heterocycles. The van der Waals surface area contributed by atoms with Crippen molar-refractivity contribution in [3.8, 4) is 0 Å². The van der Waals surface area contributed by atoms with Crippen molar-refractivity contribution in [2.24, 2.45) is 0 Å². The number of benzene rings is 1. The molecule has 0 aliphatic carbocycles. The van der Waals surface area contributed by atoms with Gasteiger partial charge in [-0.1, -0.05) is 17.7 Å². The average Bonchev–Trinajstić information content (AvgIpc) is 2.91. The quantitative estimate of drug-likeness (QED) is 0.684. The minimum atomic E-state index is -0.645. The lowest BCUT2D eigenvalue weighted by Crippen LogP contribution is -2.41. The van der Waals surface area contributed by atoms with Crippen molar-refractivity contribution in [2.75, 3.05) is 6.61 Å². The van der Waals surface area contributed by atoms with Crippen molar-refractivity contribution in [2.45, 2.75) is 31.9 Å². The lowest BCUT2D eigenvalue weighted by molar-refractivity contribution is -0.385. The van der Waals surface area contributed by atoms with Gasteiger partial charge >= 0.3 is 5.69 Å². The predicted octanol–water partition coefficient (Wildman–Crippen LogP) is 2.55. The van der Waals surface area contributed by atoms with Crippen LogP contribution in [0.2, 0.25) is 5.02 Å². The highest BCUT2D eigenvalue weighted by atomic mass is 35.5. The molecule has 1 aliphatic rings. The topological polar surface area (TPSA) is 81.5 Å². The second-order valence-electron chi connectivity index (χ2n) is 4.71. The van der Waals surface area contributed by atoms with Gasteiger partial charge in [-0.2, -0.15) is 0 Å². The summed E-state index contributed by atoms with van der Waals surface area (Å²) in [7, 11) is 0. The van der Waals surface area contributed by atoms with Crippen LogP contribution < -0.4 is 5.32 Å². The molecule has 20 heavy (non-hydrogen) atoms. The van der Waals surface area contributed by atoms with Gasteiger partial charge in [0, 0.05) is 6.61 Å². The molecule has 108 valence electrons. The first-order valence-corrected chi connectivity index (χ1v) is 6.74. The van der Waals surface area contributed by atoms with Crippen molar-refractivity contribution in [1.82, 2.24) is 5.32 Å². The van der Waals surface area contributed by atoms with Gasteiger partial charge < -0.3 is 10.1 Å². The molecule has 1 aromatic carbocycles. The van der Waals surface area contributed by atoms with E-state index in [1.807, 2.05) is 6.92 Å². The highest BCUT2D eigenvalue weighted by Crippen LogP contribution is 2.28. The SMILES string of the molecule is CC(NC(=O)c1cccc(Cl)c1[N+](=O)[O-])C1CCCO1. The number of rotatable bonds is 4. The Morgan fingerprint density at radius 1 is 1.60 bits per heavy atom. The molecule has 0 bridgehead atoms. The summed E-state index contributed by atoms with van der Waals surface area (Å²) in [4.78, 5) is 22.5. The van der Waals surface area contributed by atoms with Crippen molar-refractivity contribution in [3.63, 3.8) is 0 Å². The fourth-order valence-corrected chi connectivity index (χ4v) is 2.50. The summed E-state index contributed by atoms with van der Waals surface area (Å²) < 4.78 is 5.48. The molecule has 0 radical (unpaired) electrons. The summed E-state index contributed by atoms with van der Waals surface area (Å²) >= 11 is 5.79. The minimum absolute atomic E-state index is 0.0349. The zero-order valence-electron chi connectivity index (χ0n) is 11.0. The Morgan fingerprint density at radius 2 is 2.35 bits per heavy atom. The van der Waals surface area contributed by atoms with Crippen LogP contribution >= 0.6 is 11.6 Å². The highest BCUT2D eigenvalue weighted by Gasteiger charge is 2.28. The molecule has 0 spiro atoms. The molecular formula is C13H15ClN2O4. The summed E-state index contributed by atoms with van der Waals surface area (Å²) in [5.41, 5.74) is -0.404. The molecule has 2 atom stereocenters. The molecule has 1 fully saturated rings. The van der Waals surface area contributed by atoms with E-state index >= 15 is 0 Å². The van der Waals surface area contributed by atoms with Crippen LogP contribution in [0.15, 0.2) is 18.2 Å².